The van der Waals surface area contributed by atoms with Crippen molar-refractivity contribution in [1.82, 2.24) is 10.3 Å². The molecule has 3 aromatic carbocycles. The van der Waals surface area contributed by atoms with E-state index in [1.165, 1.54) is 6.20 Å². The molecule has 0 saturated carbocycles. The summed E-state index contributed by atoms with van der Waals surface area (Å²) in [6.45, 7) is 3.78. The van der Waals surface area contributed by atoms with E-state index < -0.39 is 12.1 Å². The topological polar surface area (TPSA) is 143 Å². The Bertz CT molecular complexity index is 1720. The number of aliphatic hydroxyl groups excluding tert-OH is 1. The lowest BCUT2D eigenvalue weighted by Gasteiger charge is -2.20. The number of nitrogens with one attached hydrogen (secondary N) is 1. The summed E-state index contributed by atoms with van der Waals surface area (Å²) < 4.78 is 23.8. The number of carboxylic acids is 1. The molecule has 4 aromatic rings. The molecule has 0 bridgehead atoms. The van der Waals surface area contributed by atoms with Gasteiger partial charge in [0.1, 0.15) is 44.0 Å². The number of carbonyl (C=O) groups is 1. The Balaban J connectivity index is 1.34. The third-order valence-corrected chi connectivity index (χ3v) is 7.52. The van der Waals surface area contributed by atoms with Crippen LogP contribution in [0.5, 0.6) is 23.0 Å². The van der Waals surface area contributed by atoms with E-state index in [9.17, 15) is 15.2 Å². The third-order valence-electron chi connectivity index (χ3n) is 7.22. The molecule has 5 rings (SSSR count). The van der Waals surface area contributed by atoms with Crippen molar-refractivity contribution >= 4 is 17.6 Å². The Morgan fingerprint density at radius 2 is 1.84 bits per heavy atom. The van der Waals surface area contributed by atoms with Gasteiger partial charge in [0, 0.05) is 42.7 Å². The van der Waals surface area contributed by atoms with E-state index in [1.54, 1.807) is 24.4 Å². The first kappa shape index (κ1) is 31.6. The maximum absolute atomic E-state index is 10.9. The summed E-state index contributed by atoms with van der Waals surface area (Å²) in [7, 11) is 0. The molecular weight excluding hydrogens is 598 g/mol. The normalized spacial score (nSPS) is 12.7. The van der Waals surface area contributed by atoms with Crippen LogP contribution in [-0.2, 0) is 24.6 Å². The van der Waals surface area contributed by atoms with E-state index in [0.717, 1.165) is 33.8 Å². The van der Waals surface area contributed by atoms with Crippen molar-refractivity contribution in [3.63, 3.8) is 0 Å². The summed E-state index contributed by atoms with van der Waals surface area (Å²) in [6.07, 6.45) is 1.67. The minimum absolute atomic E-state index is 0.0642. The van der Waals surface area contributed by atoms with E-state index in [4.69, 9.17) is 35.7 Å². The number of fused-ring (bicyclic) bond motifs is 1. The number of aliphatic carboxylic acids is 1. The van der Waals surface area contributed by atoms with Gasteiger partial charge in [-0.2, -0.15) is 5.26 Å². The number of hydrogen-bond acceptors (Lipinski definition) is 9. The maximum Gasteiger partial charge on any atom is 0.306 e. The van der Waals surface area contributed by atoms with Crippen molar-refractivity contribution in [3.8, 4) is 40.2 Å². The number of pyridine rings is 1. The van der Waals surface area contributed by atoms with Crippen LogP contribution in [0.3, 0.4) is 0 Å². The SMILES string of the molecule is Cc1c(COc2cc(OCc3cncc(C#N)c3)c(CNCC(O)CC(=O)O)cc2Cl)cccc1-c1ccc2c(c1)OCCO2. The molecule has 2 heterocycles. The number of nitriles is 1. The largest absolute Gasteiger partial charge is 0.488 e. The highest BCUT2D eigenvalue weighted by Crippen LogP contribution is 2.37. The number of rotatable bonds is 13. The molecule has 232 valence electrons. The maximum atomic E-state index is 10.9. The standard InChI is InChI=1S/C34H32ClN3O7/c1-21-25(3-2-4-28(21)24-5-6-30-33(11-24)43-8-7-42-30)20-45-32-13-31(44-19-23-9-22(14-36)15-37-16-23)26(10-29(32)35)17-38-18-27(39)12-34(40)41/h2-6,9-11,13,15-16,27,38-39H,7-8,12,17-20H2,1H3,(H,40,41). The van der Waals surface area contributed by atoms with Crippen molar-refractivity contribution in [3.05, 3.63) is 99.8 Å². The van der Waals surface area contributed by atoms with Crippen LogP contribution in [0.2, 0.25) is 5.02 Å². The quantitative estimate of drug-likeness (QED) is 0.175. The minimum atomic E-state index is -1.09. The van der Waals surface area contributed by atoms with Gasteiger partial charge in [-0.15, -0.1) is 0 Å². The summed E-state index contributed by atoms with van der Waals surface area (Å²) in [5.74, 6) is 1.25. The molecule has 1 atom stereocenters. The lowest BCUT2D eigenvalue weighted by molar-refractivity contribution is -0.139. The first-order chi connectivity index (χ1) is 21.8. The number of aromatic nitrogens is 1. The van der Waals surface area contributed by atoms with Crippen molar-refractivity contribution in [2.24, 2.45) is 0 Å². The van der Waals surface area contributed by atoms with Gasteiger partial charge in [-0.05, 0) is 53.4 Å². The van der Waals surface area contributed by atoms with Crippen molar-refractivity contribution < 1.29 is 34.0 Å². The van der Waals surface area contributed by atoms with Gasteiger partial charge in [-0.1, -0.05) is 35.9 Å². The summed E-state index contributed by atoms with van der Waals surface area (Å²) in [4.78, 5) is 15.0. The predicted molar refractivity (Wildman–Crippen MR) is 167 cm³/mol. The Hall–Kier alpha value is -4.82. The summed E-state index contributed by atoms with van der Waals surface area (Å²) >= 11 is 6.66. The second-order valence-electron chi connectivity index (χ2n) is 10.5. The molecule has 45 heavy (non-hydrogen) atoms. The Kier molecular flexibility index (Phi) is 10.4. The van der Waals surface area contributed by atoms with Crippen LogP contribution >= 0.6 is 11.6 Å². The van der Waals surface area contributed by atoms with E-state index in [-0.39, 0.29) is 32.7 Å². The zero-order valence-electron chi connectivity index (χ0n) is 24.6. The molecule has 0 fully saturated rings. The van der Waals surface area contributed by atoms with Gasteiger partial charge < -0.3 is 34.5 Å². The van der Waals surface area contributed by atoms with E-state index in [0.29, 0.717) is 46.4 Å². The third kappa shape index (κ3) is 8.22. The van der Waals surface area contributed by atoms with Crippen molar-refractivity contribution in [1.29, 1.82) is 5.26 Å². The first-order valence-electron chi connectivity index (χ1n) is 14.3. The first-order valence-corrected chi connectivity index (χ1v) is 14.7. The monoisotopic (exact) mass is 629 g/mol. The van der Waals surface area contributed by atoms with Crippen LogP contribution in [0.15, 0.2) is 67.0 Å². The lowest BCUT2D eigenvalue weighted by atomic mass is 9.96. The molecule has 0 amide bonds. The molecule has 1 aliphatic heterocycles. The second-order valence-corrected chi connectivity index (χ2v) is 10.9. The number of nitrogens with zero attached hydrogens (tertiary/aromatic N) is 2. The number of halogens is 1. The second kappa shape index (κ2) is 14.8. The number of aliphatic hydroxyl groups is 1. The van der Waals surface area contributed by atoms with Gasteiger partial charge in [-0.25, -0.2) is 0 Å². The number of hydrogen-bond donors (Lipinski definition) is 3. The Labute approximate surface area is 265 Å². The van der Waals surface area contributed by atoms with Crippen LogP contribution in [0.4, 0.5) is 0 Å². The fourth-order valence-corrected chi connectivity index (χ4v) is 5.15. The van der Waals surface area contributed by atoms with E-state index in [1.807, 2.05) is 37.3 Å². The highest BCUT2D eigenvalue weighted by Gasteiger charge is 2.17. The Morgan fingerprint density at radius 3 is 2.64 bits per heavy atom. The molecule has 0 saturated heterocycles. The summed E-state index contributed by atoms with van der Waals surface area (Å²) in [5, 5.41) is 31.5. The summed E-state index contributed by atoms with van der Waals surface area (Å²) in [6, 6.07) is 19.1. The Morgan fingerprint density at radius 1 is 1.04 bits per heavy atom. The van der Waals surface area contributed by atoms with Crippen LogP contribution in [0.1, 0.15) is 34.2 Å². The van der Waals surface area contributed by atoms with Gasteiger partial charge >= 0.3 is 5.97 Å². The molecular formula is C34H32ClN3O7. The molecule has 11 heteroatoms. The average Bonchev–Trinajstić information content (AvgIpc) is 3.04. The van der Waals surface area contributed by atoms with Gasteiger partial charge in [-0.3, -0.25) is 9.78 Å². The molecule has 1 aliphatic rings. The minimum Gasteiger partial charge on any atom is -0.488 e. The molecule has 0 spiro atoms. The molecule has 1 unspecified atom stereocenters. The number of benzene rings is 3. The van der Waals surface area contributed by atoms with Gasteiger partial charge in [0.15, 0.2) is 11.5 Å². The number of ether oxygens (including phenoxy) is 4. The van der Waals surface area contributed by atoms with Crippen LogP contribution in [-0.4, -0.2) is 47.0 Å². The van der Waals surface area contributed by atoms with Crippen LogP contribution in [0.25, 0.3) is 11.1 Å². The van der Waals surface area contributed by atoms with Gasteiger partial charge in [0.25, 0.3) is 0 Å². The van der Waals surface area contributed by atoms with Gasteiger partial charge in [0.2, 0.25) is 0 Å². The molecule has 1 aromatic heterocycles. The predicted octanol–water partition coefficient (Wildman–Crippen LogP) is 5.44. The highest BCUT2D eigenvalue weighted by molar-refractivity contribution is 6.32. The van der Waals surface area contributed by atoms with E-state index in [2.05, 4.69) is 22.4 Å². The lowest BCUT2D eigenvalue weighted by Crippen LogP contribution is -2.28. The molecule has 3 N–H and O–H groups in total. The number of carboxylic acid groups (broad SMARTS) is 1. The van der Waals surface area contributed by atoms with Gasteiger partial charge in [0.05, 0.1) is 23.1 Å². The smallest absolute Gasteiger partial charge is 0.306 e. The van der Waals surface area contributed by atoms with Crippen molar-refractivity contribution in [2.45, 2.75) is 39.2 Å². The molecule has 0 aliphatic carbocycles. The van der Waals surface area contributed by atoms with Crippen LogP contribution < -0.4 is 24.3 Å². The van der Waals surface area contributed by atoms with Crippen molar-refractivity contribution in [2.75, 3.05) is 19.8 Å². The zero-order valence-corrected chi connectivity index (χ0v) is 25.3. The molecule has 0 radical (unpaired) electrons. The fourth-order valence-electron chi connectivity index (χ4n) is 4.91. The average molecular weight is 630 g/mol. The fraction of sp³-hybridized carbons (Fsp3) is 0.265. The highest BCUT2D eigenvalue weighted by atomic mass is 35.5. The zero-order chi connectivity index (χ0) is 31.8. The summed E-state index contributed by atoms with van der Waals surface area (Å²) in [5.41, 5.74) is 5.87. The van der Waals surface area contributed by atoms with E-state index >= 15 is 0 Å². The molecule has 10 nitrogen and oxygen atoms in total. The van der Waals surface area contributed by atoms with Crippen LogP contribution in [0, 0.1) is 18.3 Å².